The molecule has 5 heteroatoms. The predicted octanol–water partition coefficient (Wildman–Crippen LogP) is 3.04. The van der Waals surface area contributed by atoms with Crippen molar-refractivity contribution in [1.29, 1.82) is 0 Å². The highest BCUT2D eigenvalue weighted by Gasteiger charge is 2.53. The van der Waals surface area contributed by atoms with Crippen molar-refractivity contribution in [2.75, 3.05) is 0 Å². The number of hydrogen-bond acceptors (Lipinski definition) is 2. The summed E-state index contributed by atoms with van der Waals surface area (Å²) in [7, 11) is -0.637. The molecule has 1 aromatic rings. The van der Waals surface area contributed by atoms with E-state index >= 15 is 0 Å². The second-order valence-corrected chi connectivity index (χ2v) is 6.84. The molecule has 0 N–H and O–H groups in total. The minimum Gasteiger partial charge on any atom is -0.399 e. The molecule has 0 radical (unpaired) electrons. The van der Waals surface area contributed by atoms with Gasteiger partial charge in [-0.05, 0) is 68.8 Å². The number of aryl methyl sites for hydroxylation is 1. The molecule has 2 rings (SSSR count). The van der Waals surface area contributed by atoms with Crippen LogP contribution in [0.2, 0.25) is 0 Å². The molecule has 1 heterocycles. The van der Waals surface area contributed by atoms with Crippen molar-refractivity contribution in [3.05, 3.63) is 27.1 Å². The van der Waals surface area contributed by atoms with Gasteiger partial charge < -0.3 is 9.31 Å². The molecule has 1 aliphatic heterocycles. The summed E-state index contributed by atoms with van der Waals surface area (Å²) in [5.41, 5.74) is 0.225. The molecule has 0 amide bonds. The lowest BCUT2D eigenvalue weighted by molar-refractivity contribution is 0.00578. The monoisotopic (exact) mass is 362 g/mol. The molecule has 0 saturated carbocycles. The largest absolute Gasteiger partial charge is 0.498 e. The lowest BCUT2D eigenvalue weighted by atomic mass is 9.78. The first-order chi connectivity index (χ1) is 8.16. The average molecular weight is 362 g/mol. The van der Waals surface area contributed by atoms with E-state index in [-0.39, 0.29) is 5.82 Å². The third-order valence-corrected chi connectivity index (χ3v) is 4.75. The molecule has 1 saturated heterocycles. The molecule has 0 bridgehead atoms. The Labute approximate surface area is 122 Å². The van der Waals surface area contributed by atoms with Crippen LogP contribution >= 0.6 is 22.6 Å². The van der Waals surface area contributed by atoms with Gasteiger partial charge in [0.2, 0.25) is 0 Å². The average Bonchev–Trinajstić information content (AvgIpc) is 2.43. The van der Waals surface area contributed by atoms with E-state index in [1.54, 1.807) is 13.0 Å². The predicted molar refractivity (Wildman–Crippen MR) is 79.6 cm³/mol. The Morgan fingerprint density at radius 3 is 2.11 bits per heavy atom. The Balaban J connectivity index is 2.44. The van der Waals surface area contributed by atoms with Crippen molar-refractivity contribution in [3.8, 4) is 0 Å². The van der Waals surface area contributed by atoms with Gasteiger partial charge in [0.25, 0.3) is 0 Å². The van der Waals surface area contributed by atoms with Crippen LogP contribution < -0.4 is 5.46 Å². The second kappa shape index (κ2) is 4.46. The SMILES string of the molecule is Cc1ccc(I)c(B2OC(C)(C)C(C)(C)O2)c1F. The molecule has 18 heavy (non-hydrogen) atoms. The Bertz CT molecular complexity index is 472. The van der Waals surface area contributed by atoms with E-state index in [4.69, 9.17) is 9.31 Å². The van der Waals surface area contributed by atoms with Gasteiger partial charge in [-0.2, -0.15) is 0 Å². The van der Waals surface area contributed by atoms with Gasteiger partial charge in [-0.1, -0.05) is 6.07 Å². The van der Waals surface area contributed by atoms with Gasteiger partial charge in [0.15, 0.2) is 0 Å². The van der Waals surface area contributed by atoms with Crippen LogP contribution in [-0.4, -0.2) is 18.3 Å². The topological polar surface area (TPSA) is 18.5 Å². The first kappa shape index (κ1) is 14.3. The summed E-state index contributed by atoms with van der Waals surface area (Å²) in [6.07, 6.45) is 0. The fourth-order valence-corrected chi connectivity index (χ4v) is 2.53. The van der Waals surface area contributed by atoms with Gasteiger partial charge in [-0.25, -0.2) is 4.39 Å². The second-order valence-electron chi connectivity index (χ2n) is 5.68. The standard InChI is InChI=1S/C13H17BFIO2/c1-8-6-7-9(16)10(11(8)15)14-17-12(2,3)13(4,5)18-14/h6-7H,1-5H3. The summed E-state index contributed by atoms with van der Waals surface area (Å²) in [4.78, 5) is 0. The van der Waals surface area contributed by atoms with E-state index < -0.39 is 18.3 Å². The van der Waals surface area contributed by atoms with Gasteiger partial charge >= 0.3 is 7.12 Å². The van der Waals surface area contributed by atoms with Crippen LogP contribution in [0, 0.1) is 16.3 Å². The molecule has 0 aliphatic carbocycles. The van der Waals surface area contributed by atoms with E-state index in [9.17, 15) is 4.39 Å². The Hall–Kier alpha value is -0.135. The van der Waals surface area contributed by atoms with Crippen molar-refractivity contribution >= 4 is 35.2 Å². The van der Waals surface area contributed by atoms with Crippen LogP contribution in [0.15, 0.2) is 12.1 Å². The summed E-state index contributed by atoms with van der Waals surface area (Å²) in [5.74, 6) is -0.236. The summed E-state index contributed by atoms with van der Waals surface area (Å²) < 4.78 is 26.9. The smallest absolute Gasteiger partial charge is 0.399 e. The first-order valence-corrected chi connectivity index (χ1v) is 7.04. The Kier molecular flexibility index (Phi) is 3.53. The maximum absolute atomic E-state index is 14.3. The molecule has 2 nitrogen and oxygen atoms in total. The highest BCUT2D eigenvalue weighted by molar-refractivity contribution is 14.1. The van der Waals surface area contributed by atoms with E-state index in [0.717, 1.165) is 3.57 Å². The van der Waals surface area contributed by atoms with Crippen molar-refractivity contribution < 1.29 is 13.7 Å². The maximum atomic E-state index is 14.3. The van der Waals surface area contributed by atoms with E-state index in [1.807, 2.05) is 33.8 Å². The molecule has 98 valence electrons. The van der Waals surface area contributed by atoms with E-state index in [0.29, 0.717) is 11.0 Å². The summed E-state index contributed by atoms with van der Waals surface area (Å²) in [6, 6.07) is 3.66. The normalized spacial score (nSPS) is 21.4. The number of rotatable bonds is 1. The minimum atomic E-state index is -0.637. The molecule has 0 atom stereocenters. The number of hydrogen-bond donors (Lipinski definition) is 0. The Morgan fingerprint density at radius 1 is 1.11 bits per heavy atom. The maximum Gasteiger partial charge on any atom is 0.498 e. The third kappa shape index (κ3) is 2.21. The molecule has 1 fully saturated rings. The molecule has 0 spiro atoms. The number of benzene rings is 1. The van der Waals surface area contributed by atoms with Crippen molar-refractivity contribution in [3.63, 3.8) is 0 Å². The molecule has 1 aromatic carbocycles. The zero-order valence-electron chi connectivity index (χ0n) is 11.3. The van der Waals surface area contributed by atoms with Crippen LogP contribution in [0.25, 0.3) is 0 Å². The zero-order valence-corrected chi connectivity index (χ0v) is 13.5. The zero-order chi connectivity index (χ0) is 13.7. The van der Waals surface area contributed by atoms with Gasteiger partial charge in [0, 0.05) is 9.03 Å². The lowest BCUT2D eigenvalue weighted by Crippen LogP contribution is -2.41. The lowest BCUT2D eigenvalue weighted by Gasteiger charge is -2.32. The van der Waals surface area contributed by atoms with E-state index in [1.165, 1.54) is 0 Å². The molecule has 1 aliphatic rings. The van der Waals surface area contributed by atoms with Crippen LogP contribution in [0.1, 0.15) is 33.3 Å². The van der Waals surface area contributed by atoms with Gasteiger partial charge in [0.05, 0.1) is 11.2 Å². The summed E-state index contributed by atoms with van der Waals surface area (Å²) in [5, 5.41) is 0. The van der Waals surface area contributed by atoms with Crippen molar-refractivity contribution in [2.24, 2.45) is 0 Å². The van der Waals surface area contributed by atoms with Gasteiger partial charge in [0.1, 0.15) is 5.82 Å². The van der Waals surface area contributed by atoms with E-state index in [2.05, 4.69) is 22.6 Å². The van der Waals surface area contributed by atoms with Gasteiger partial charge in [-0.3, -0.25) is 0 Å². The Morgan fingerprint density at radius 2 is 1.61 bits per heavy atom. The fourth-order valence-electron chi connectivity index (χ4n) is 1.86. The summed E-state index contributed by atoms with van der Waals surface area (Å²) >= 11 is 2.12. The first-order valence-electron chi connectivity index (χ1n) is 5.96. The number of halogens is 2. The molecular formula is C13H17BFIO2. The quantitative estimate of drug-likeness (QED) is 0.565. The molecule has 0 unspecified atom stereocenters. The molecule has 0 aromatic heterocycles. The van der Waals surface area contributed by atoms with Crippen LogP contribution in [-0.2, 0) is 9.31 Å². The highest BCUT2D eigenvalue weighted by Crippen LogP contribution is 2.37. The fraction of sp³-hybridized carbons (Fsp3) is 0.538. The van der Waals surface area contributed by atoms with Crippen LogP contribution in [0.5, 0.6) is 0 Å². The van der Waals surface area contributed by atoms with Crippen LogP contribution in [0.4, 0.5) is 4.39 Å². The molecular weight excluding hydrogens is 345 g/mol. The summed E-state index contributed by atoms with van der Waals surface area (Å²) in [6.45, 7) is 9.61. The minimum absolute atomic E-state index is 0.236. The third-order valence-electron chi connectivity index (χ3n) is 3.81. The van der Waals surface area contributed by atoms with Crippen molar-refractivity contribution in [2.45, 2.75) is 45.8 Å². The highest BCUT2D eigenvalue weighted by atomic mass is 127. The van der Waals surface area contributed by atoms with Gasteiger partial charge in [-0.15, -0.1) is 0 Å². The van der Waals surface area contributed by atoms with Crippen LogP contribution in [0.3, 0.4) is 0 Å². The van der Waals surface area contributed by atoms with Crippen molar-refractivity contribution in [1.82, 2.24) is 0 Å².